The summed E-state index contributed by atoms with van der Waals surface area (Å²) in [5.74, 6) is -0.744. The van der Waals surface area contributed by atoms with Crippen molar-refractivity contribution in [2.75, 3.05) is 18.5 Å². The maximum Gasteiger partial charge on any atom is 0.257 e. The van der Waals surface area contributed by atoms with Crippen LogP contribution in [0.1, 0.15) is 17.9 Å². The third-order valence-corrected chi connectivity index (χ3v) is 3.83. The highest BCUT2D eigenvalue weighted by atomic mass is 19.1. The molecule has 1 unspecified atom stereocenters. The van der Waals surface area contributed by atoms with Gasteiger partial charge in [0.2, 0.25) is 5.91 Å². The maximum atomic E-state index is 13.0. The molecular weight excluding hydrogens is 311 g/mol. The van der Waals surface area contributed by atoms with Gasteiger partial charge >= 0.3 is 0 Å². The summed E-state index contributed by atoms with van der Waals surface area (Å²) in [4.78, 5) is 23.7. The smallest absolute Gasteiger partial charge is 0.257 e. The van der Waals surface area contributed by atoms with E-state index in [0.717, 1.165) is 11.3 Å². The van der Waals surface area contributed by atoms with Gasteiger partial charge in [0.1, 0.15) is 11.6 Å². The molecule has 0 aliphatic carbocycles. The number of hydrogen-bond donors (Lipinski definition) is 2. The van der Waals surface area contributed by atoms with Crippen LogP contribution in [-0.2, 0) is 9.59 Å². The fraction of sp³-hybridized carbons (Fsp3) is 0.222. The second kappa shape index (κ2) is 7.12. The Labute approximate surface area is 138 Å². The van der Waals surface area contributed by atoms with Crippen LogP contribution in [0.15, 0.2) is 48.5 Å². The Morgan fingerprint density at radius 2 is 2.04 bits per heavy atom. The topological polar surface area (TPSA) is 67.4 Å². The van der Waals surface area contributed by atoms with Gasteiger partial charge in [0.25, 0.3) is 5.91 Å². The van der Waals surface area contributed by atoms with Crippen molar-refractivity contribution < 1.29 is 18.7 Å². The minimum absolute atomic E-state index is 0.0542. The van der Waals surface area contributed by atoms with E-state index in [2.05, 4.69) is 10.6 Å². The zero-order chi connectivity index (χ0) is 16.9. The molecule has 2 aromatic carbocycles. The normalized spacial score (nSPS) is 15.5. The summed E-state index contributed by atoms with van der Waals surface area (Å²) >= 11 is 0. The average molecular weight is 328 g/mol. The van der Waals surface area contributed by atoms with E-state index in [-0.39, 0.29) is 24.3 Å². The first-order valence-corrected chi connectivity index (χ1v) is 7.68. The number of para-hydroxylation sites is 1. The number of rotatable bonds is 6. The first-order valence-electron chi connectivity index (χ1n) is 7.68. The SMILES string of the molecule is O=C(COc1cccc(F)c1)NCCC1C(=O)Nc2ccccc21. The summed E-state index contributed by atoms with van der Waals surface area (Å²) < 4.78 is 18.2. The van der Waals surface area contributed by atoms with E-state index in [1.165, 1.54) is 18.2 Å². The fourth-order valence-corrected chi connectivity index (χ4v) is 2.68. The predicted molar refractivity (Wildman–Crippen MR) is 87.3 cm³/mol. The van der Waals surface area contributed by atoms with Gasteiger partial charge in [-0.05, 0) is 30.2 Å². The Morgan fingerprint density at radius 3 is 2.88 bits per heavy atom. The molecule has 0 aromatic heterocycles. The summed E-state index contributed by atoms with van der Waals surface area (Å²) in [5.41, 5.74) is 1.78. The van der Waals surface area contributed by atoms with E-state index >= 15 is 0 Å². The Balaban J connectivity index is 1.45. The molecule has 5 nitrogen and oxygen atoms in total. The molecule has 0 saturated carbocycles. The number of hydrogen-bond acceptors (Lipinski definition) is 3. The van der Waals surface area contributed by atoms with Crippen LogP contribution < -0.4 is 15.4 Å². The summed E-state index contributed by atoms with van der Waals surface area (Å²) in [7, 11) is 0. The van der Waals surface area contributed by atoms with Crippen LogP contribution in [0.3, 0.4) is 0 Å². The van der Waals surface area contributed by atoms with Crippen LogP contribution in [0.4, 0.5) is 10.1 Å². The number of amides is 2. The van der Waals surface area contributed by atoms with E-state index in [0.29, 0.717) is 18.7 Å². The van der Waals surface area contributed by atoms with Crippen LogP contribution in [0.25, 0.3) is 0 Å². The van der Waals surface area contributed by atoms with Crippen molar-refractivity contribution in [2.24, 2.45) is 0 Å². The molecular formula is C18H17FN2O3. The highest BCUT2D eigenvalue weighted by Gasteiger charge is 2.29. The molecule has 1 atom stereocenters. The third kappa shape index (κ3) is 3.71. The van der Waals surface area contributed by atoms with Gasteiger partial charge in [0.15, 0.2) is 6.61 Å². The molecule has 2 amide bonds. The number of fused-ring (bicyclic) bond motifs is 1. The molecule has 1 heterocycles. The third-order valence-electron chi connectivity index (χ3n) is 3.83. The zero-order valence-corrected chi connectivity index (χ0v) is 12.9. The molecule has 124 valence electrons. The Bertz CT molecular complexity index is 763. The molecule has 0 fully saturated rings. The van der Waals surface area contributed by atoms with Gasteiger partial charge in [-0.3, -0.25) is 9.59 Å². The second-order valence-corrected chi connectivity index (χ2v) is 5.51. The summed E-state index contributed by atoms with van der Waals surface area (Å²) in [6.45, 7) is 0.161. The molecule has 2 aromatic rings. The number of anilines is 1. The summed E-state index contributed by atoms with van der Waals surface area (Å²) in [6.07, 6.45) is 0.508. The van der Waals surface area contributed by atoms with Gasteiger partial charge in [0.05, 0.1) is 5.92 Å². The summed E-state index contributed by atoms with van der Waals surface area (Å²) in [5, 5.41) is 5.53. The molecule has 2 N–H and O–H groups in total. The van der Waals surface area contributed by atoms with Crippen molar-refractivity contribution in [3.8, 4) is 5.75 Å². The standard InChI is InChI=1S/C18H17FN2O3/c19-12-4-3-5-13(10-12)24-11-17(22)20-9-8-15-14-6-1-2-7-16(14)21-18(15)23/h1-7,10,15H,8-9,11H2,(H,20,22)(H,21,23). The lowest BCUT2D eigenvalue weighted by Crippen LogP contribution is -2.31. The van der Waals surface area contributed by atoms with E-state index in [1.807, 2.05) is 24.3 Å². The lowest BCUT2D eigenvalue weighted by Gasteiger charge is -2.10. The average Bonchev–Trinajstić information content (AvgIpc) is 2.89. The Kier molecular flexibility index (Phi) is 4.74. The zero-order valence-electron chi connectivity index (χ0n) is 12.9. The van der Waals surface area contributed by atoms with Gasteiger partial charge in [0, 0.05) is 18.3 Å². The molecule has 1 aliphatic heterocycles. The second-order valence-electron chi connectivity index (χ2n) is 5.51. The number of halogens is 1. The maximum absolute atomic E-state index is 13.0. The molecule has 0 radical (unpaired) electrons. The Hall–Kier alpha value is -2.89. The van der Waals surface area contributed by atoms with E-state index in [1.54, 1.807) is 6.07 Å². The first-order chi connectivity index (χ1) is 11.6. The van der Waals surface area contributed by atoms with Crippen molar-refractivity contribution in [3.63, 3.8) is 0 Å². The van der Waals surface area contributed by atoms with Gasteiger partial charge in [-0.1, -0.05) is 24.3 Å². The lowest BCUT2D eigenvalue weighted by atomic mass is 9.97. The highest BCUT2D eigenvalue weighted by Crippen LogP contribution is 2.33. The number of carbonyl (C=O) groups excluding carboxylic acids is 2. The quantitative estimate of drug-likeness (QED) is 0.856. The molecule has 3 rings (SSSR count). The fourth-order valence-electron chi connectivity index (χ4n) is 2.68. The van der Waals surface area contributed by atoms with Gasteiger partial charge in [-0.15, -0.1) is 0 Å². The van der Waals surface area contributed by atoms with Crippen molar-refractivity contribution in [2.45, 2.75) is 12.3 Å². The van der Waals surface area contributed by atoms with Crippen LogP contribution in [0.5, 0.6) is 5.75 Å². The lowest BCUT2D eigenvalue weighted by molar-refractivity contribution is -0.123. The van der Waals surface area contributed by atoms with Crippen LogP contribution in [0, 0.1) is 5.82 Å². The largest absolute Gasteiger partial charge is 0.484 e. The molecule has 1 aliphatic rings. The van der Waals surface area contributed by atoms with Crippen molar-refractivity contribution in [3.05, 3.63) is 59.9 Å². The van der Waals surface area contributed by atoms with Crippen molar-refractivity contribution >= 4 is 17.5 Å². The minimum Gasteiger partial charge on any atom is -0.484 e. The molecule has 0 saturated heterocycles. The Morgan fingerprint density at radius 1 is 1.21 bits per heavy atom. The first kappa shape index (κ1) is 16.0. The van der Waals surface area contributed by atoms with Crippen LogP contribution in [0.2, 0.25) is 0 Å². The van der Waals surface area contributed by atoms with Gasteiger partial charge in [-0.25, -0.2) is 4.39 Å². The van der Waals surface area contributed by atoms with Crippen LogP contribution >= 0.6 is 0 Å². The number of benzene rings is 2. The molecule has 0 spiro atoms. The number of nitrogens with one attached hydrogen (secondary N) is 2. The van der Waals surface area contributed by atoms with E-state index in [4.69, 9.17) is 4.74 Å². The molecule has 24 heavy (non-hydrogen) atoms. The number of carbonyl (C=O) groups is 2. The van der Waals surface area contributed by atoms with Crippen molar-refractivity contribution in [1.82, 2.24) is 5.32 Å². The predicted octanol–water partition coefficient (Wildman–Crippen LogP) is 2.45. The minimum atomic E-state index is -0.418. The van der Waals surface area contributed by atoms with Gasteiger partial charge in [-0.2, -0.15) is 0 Å². The van der Waals surface area contributed by atoms with Gasteiger partial charge < -0.3 is 15.4 Å². The monoisotopic (exact) mass is 328 g/mol. The van der Waals surface area contributed by atoms with Crippen molar-refractivity contribution in [1.29, 1.82) is 0 Å². The summed E-state index contributed by atoms with van der Waals surface area (Å²) in [6, 6.07) is 13.1. The van der Waals surface area contributed by atoms with E-state index in [9.17, 15) is 14.0 Å². The molecule has 6 heteroatoms. The number of ether oxygens (including phenoxy) is 1. The highest BCUT2D eigenvalue weighted by molar-refractivity contribution is 6.02. The molecule has 0 bridgehead atoms. The van der Waals surface area contributed by atoms with Crippen LogP contribution in [-0.4, -0.2) is 25.0 Å². The van der Waals surface area contributed by atoms with E-state index < -0.39 is 5.82 Å².